The molecule has 30 heavy (non-hydrogen) atoms. The Morgan fingerprint density at radius 3 is 2.57 bits per heavy atom. The van der Waals surface area contributed by atoms with Gasteiger partial charge in [0.05, 0.1) is 31.6 Å². The minimum Gasteiger partial charge on any atom is -0.379 e. The zero-order chi connectivity index (χ0) is 20.9. The normalized spacial score (nSPS) is 15.7. The van der Waals surface area contributed by atoms with Crippen LogP contribution in [0.2, 0.25) is 0 Å². The topological polar surface area (TPSA) is 59.4 Å². The monoisotopic (exact) mass is 412 g/mol. The lowest BCUT2D eigenvalue weighted by Gasteiger charge is -2.33. The molecule has 8 heteroatoms. The molecular weight excluding hydrogens is 390 g/mol. The molecule has 1 atom stereocenters. The van der Waals surface area contributed by atoms with Crippen LogP contribution in [0, 0.1) is 11.6 Å². The summed E-state index contributed by atoms with van der Waals surface area (Å²) in [6, 6.07) is 11.9. The van der Waals surface area contributed by atoms with E-state index >= 15 is 0 Å². The molecule has 1 aliphatic heterocycles. The molecule has 4 rings (SSSR count). The Balaban J connectivity index is 1.50. The molecule has 0 radical (unpaired) electrons. The van der Waals surface area contributed by atoms with Crippen molar-refractivity contribution >= 4 is 11.6 Å². The number of hydrogen-bond acceptors (Lipinski definition) is 4. The highest BCUT2D eigenvalue weighted by Gasteiger charge is 2.29. The second kappa shape index (κ2) is 9.15. The summed E-state index contributed by atoms with van der Waals surface area (Å²) >= 11 is 0. The van der Waals surface area contributed by atoms with E-state index in [0.717, 1.165) is 0 Å². The second-order valence-corrected chi connectivity index (χ2v) is 7.11. The van der Waals surface area contributed by atoms with E-state index in [1.54, 1.807) is 41.2 Å². The van der Waals surface area contributed by atoms with Crippen LogP contribution < -0.4 is 5.32 Å². The van der Waals surface area contributed by atoms with E-state index in [1.807, 2.05) is 4.90 Å². The summed E-state index contributed by atoms with van der Waals surface area (Å²) in [5.41, 5.74) is 1.72. The van der Waals surface area contributed by atoms with Crippen LogP contribution in [0.15, 0.2) is 60.9 Å². The van der Waals surface area contributed by atoms with Gasteiger partial charge in [0.2, 0.25) is 5.91 Å². The summed E-state index contributed by atoms with van der Waals surface area (Å²) < 4.78 is 34.2. The van der Waals surface area contributed by atoms with Crippen molar-refractivity contribution in [3.05, 3.63) is 83.7 Å². The first-order valence-corrected chi connectivity index (χ1v) is 9.74. The third-order valence-electron chi connectivity index (χ3n) is 5.04. The summed E-state index contributed by atoms with van der Waals surface area (Å²) in [5.74, 6) is -0.898. The van der Waals surface area contributed by atoms with Crippen molar-refractivity contribution in [2.24, 2.45) is 0 Å². The lowest BCUT2D eigenvalue weighted by Crippen LogP contribution is -2.43. The predicted molar refractivity (Wildman–Crippen MR) is 108 cm³/mol. The van der Waals surface area contributed by atoms with E-state index in [0.29, 0.717) is 43.1 Å². The molecule has 1 aliphatic rings. The first-order chi connectivity index (χ1) is 14.6. The number of hydrogen-bond donors (Lipinski definition) is 1. The summed E-state index contributed by atoms with van der Waals surface area (Å²) in [6.45, 7) is 2.52. The maximum atomic E-state index is 13.9. The van der Waals surface area contributed by atoms with E-state index < -0.39 is 6.04 Å². The van der Waals surface area contributed by atoms with Gasteiger partial charge in [-0.05, 0) is 23.8 Å². The number of ether oxygens (including phenoxy) is 1. The van der Waals surface area contributed by atoms with E-state index in [2.05, 4.69) is 10.4 Å². The van der Waals surface area contributed by atoms with Gasteiger partial charge in [0.15, 0.2) is 0 Å². The molecular formula is C22H22F2N4O2. The number of benzene rings is 2. The third-order valence-corrected chi connectivity index (χ3v) is 5.04. The number of carbonyl (C=O) groups excluding carboxylic acids is 1. The van der Waals surface area contributed by atoms with E-state index in [1.165, 1.54) is 24.4 Å². The molecule has 6 nitrogen and oxygen atoms in total. The van der Waals surface area contributed by atoms with Gasteiger partial charge < -0.3 is 10.1 Å². The fourth-order valence-electron chi connectivity index (χ4n) is 3.54. The zero-order valence-corrected chi connectivity index (χ0v) is 16.3. The van der Waals surface area contributed by atoms with Crippen molar-refractivity contribution in [1.82, 2.24) is 14.7 Å². The number of morpholine rings is 1. The van der Waals surface area contributed by atoms with Crippen molar-refractivity contribution in [2.45, 2.75) is 12.6 Å². The molecule has 2 aromatic carbocycles. The van der Waals surface area contributed by atoms with Crippen molar-refractivity contribution in [1.29, 1.82) is 0 Å². The minimum atomic E-state index is -0.579. The Bertz CT molecular complexity index is 1000. The van der Waals surface area contributed by atoms with Crippen LogP contribution >= 0.6 is 0 Å². The summed E-state index contributed by atoms with van der Waals surface area (Å²) in [4.78, 5) is 15.1. The third kappa shape index (κ3) is 4.72. The van der Waals surface area contributed by atoms with E-state index in [9.17, 15) is 13.6 Å². The highest BCUT2D eigenvalue weighted by Crippen LogP contribution is 2.24. The number of carbonyl (C=O) groups is 1. The van der Waals surface area contributed by atoms with Gasteiger partial charge in [-0.1, -0.05) is 30.3 Å². The first-order valence-electron chi connectivity index (χ1n) is 9.74. The average Bonchev–Trinajstić information content (AvgIpc) is 3.19. The van der Waals surface area contributed by atoms with Crippen LogP contribution in [0.25, 0.3) is 0 Å². The number of nitrogens with one attached hydrogen (secondary N) is 1. The van der Waals surface area contributed by atoms with Crippen LogP contribution in [-0.2, 0) is 16.1 Å². The smallest absolute Gasteiger partial charge is 0.246 e. The SMILES string of the molecule is O=C(Nc1cnn(Cc2ccccc2F)c1)C(c1ccc(F)cc1)N1CCOCC1. The highest BCUT2D eigenvalue weighted by atomic mass is 19.1. The molecule has 0 bridgehead atoms. The molecule has 1 aromatic heterocycles. The zero-order valence-electron chi connectivity index (χ0n) is 16.3. The lowest BCUT2D eigenvalue weighted by molar-refractivity contribution is -0.123. The molecule has 1 saturated heterocycles. The summed E-state index contributed by atoms with van der Waals surface area (Å²) in [5, 5.41) is 7.09. The van der Waals surface area contributed by atoms with Crippen molar-refractivity contribution < 1.29 is 18.3 Å². The van der Waals surface area contributed by atoms with Crippen LogP contribution in [-0.4, -0.2) is 46.9 Å². The quantitative estimate of drug-likeness (QED) is 0.676. The number of nitrogens with zero attached hydrogens (tertiary/aromatic N) is 3. The van der Waals surface area contributed by atoms with Gasteiger partial charge in [0.1, 0.15) is 17.7 Å². The predicted octanol–water partition coefficient (Wildman–Crippen LogP) is 3.22. The molecule has 2 heterocycles. The Hall–Kier alpha value is -3.10. The molecule has 0 aliphatic carbocycles. The second-order valence-electron chi connectivity index (χ2n) is 7.11. The standard InChI is InChI=1S/C22H22F2N4O2/c23-18-7-5-16(6-8-18)21(27-9-11-30-12-10-27)22(29)26-19-13-25-28(15-19)14-17-3-1-2-4-20(17)24/h1-8,13,15,21H,9-12,14H2,(H,26,29). The van der Waals surface area contributed by atoms with Gasteiger partial charge in [-0.25, -0.2) is 8.78 Å². The largest absolute Gasteiger partial charge is 0.379 e. The molecule has 1 amide bonds. The molecule has 1 unspecified atom stereocenters. The molecule has 0 spiro atoms. The van der Waals surface area contributed by atoms with Gasteiger partial charge in [0, 0.05) is 24.8 Å². The fraction of sp³-hybridized carbons (Fsp3) is 0.273. The molecule has 1 fully saturated rings. The number of anilines is 1. The van der Waals surface area contributed by atoms with Crippen LogP contribution in [0.3, 0.4) is 0 Å². The number of amides is 1. The van der Waals surface area contributed by atoms with E-state index in [4.69, 9.17) is 4.74 Å². The number of aromatic nitrogens is 2. The summed E-state index contributed by atoms with van der Waals surface area (Å²) in [7, 11) is 0. The Morgan fingerprint density at radius 2 is 1.83 bits per heavy atom. The Kier molecular flexibility index (Phi) is 6.15. The fourth-order valence-corrected chi connectivity index (χ4v) is 3.54. The molecule has 0 saturated carbocycles. The van der Waals surface area contributed by atoms with Crippen molar-refractivity contribution in [3.8, 4) is 0 Å². The lowest BCUT2D eigenvalue weighted by atomic mass is 10.0. The first kappa shape index (κ1) is 20.2. The number of halogens is 2. The van der Waals surface area contributed by atoms with E-state index in [-0.39, 0.29) is 24.1 Å². The maximum absolute atomic E-state index is 13.9. The molecule has 1 N–H and O–H groups in total. The van der Waals surface area contributed by atoms with Crippen LogP contribution in [0.1, 0.15) is 17.2 Å². The van der Waals surface area contributed by atoms with Gasteiger partial charge in [0.25, 0.3) is 0 Å². The number of rotatable bonds is 6. The van der Waals surface area contributed by atoms with Gasteiger partial charge in [-0.3, -0.25) is 14.4 Å². The van der Waals surface area contributed by atoms with Gasteiger partial charge >= 0.3 is 0 Å². The van der Waals surface area contributed by atoms with Crippen LogP contribution in [0.4, 0.5) is 14.5 Å². The van der Waals surface area contributed by atoms with Crippen molar-refractivity contribution in [2.75, 3.05) is 31.6 Å². The van der Waals surface area contributed by atoms with Crippen LogP contribution in [0.5, 0.6) is 0 Å². The summed E-state index contributed by atoms with van der Waals surface area (Å²) in [6.07, 6.45) is 3.19. The Labute approximate surface area is 173 Å². The Morgan fingerprint density at radius 1 is 1.10 bits per heavy atom. The van der Waals surface area contributed by atoms with Gasteiger partial charge in [-0.15, -0.1) is 0 Å². The maximum Gasteiger partial charge on any atom is 0.246 e. The molecule has 156 valence electrons. The van der Waals surface area contributed by atoms with Gasteiger partial charge in [-0.2, -0.15) is 5.10 Å². The highest BCUT2D eigenvalue weighted by molar-refractivity contribution is 5.95. The van der Waals surface area contributed by atoms with Crippen molar-refractivity contribution in [3.63, 3.8) is 0 Å². The minimum absolute atomic E-state index is 0.242. The average molecular weight is 412 g/mol. The molecule has 3 aromatic rings.